The first-order chi connectivity index (χ1) is 14.8. The minimum Gasteiger partial charge on any atom is -0.356 e. The third-order valence-electron chi connectivity index (χ3n) is 7.42. The maximum atomic E-state index is 12.6. The Morgan fingerprint density at radius 2 is 1.70 bits per heavy atom. The first-order valence-corrected chi connectivity index (χ1v) is 12.2. The fraction of sp³-hybridized carbons (Fsp3) is 0.654. The zero-order valence-electron chi connectivity index (χ0n) is 18.5. The second-order valence-electron chi connectivity index (χ2n) is 9.52. The van der Waals surface area contributed by atoms with E-state index >= 15 is 0 Å². The lowest BCUT2D eigenvalue weighted by Gasteiger charge is -2.42. The van der Waals surface area contributed by atoms with E-state index in [4.69, 9.17) is 0 Å². The van der Waals surface area contributed by atoms with Crippen molar-refractivity contribution < 1.29 is 4.79 Å². The molecule has 1 aromatic carbocycles. The van der Waals surface area contributed by atoms with Crippen LogP contribution in [0.15, 0.2) is 42.5 Å². The summed E-state index contributed by atoms with van der Waals surface area (Å²) >= 11 is 0. The third kappa shape index (κ3) is 6.18. The molecule has 1 N–H and O–H groups in total. The molecule has 2 heterocycles. The van der Waals surface area contributed by atoms with Crippen LogP contribution < -0.4 is 5.32 Å². The molecule has 2 aliphatic heterocycles. The number of hydrogen-bond acceptors (Lipinski definition) is 3. The molecule has 2 fully saturated rings. The zero-order chi connectivity index (χ0) is 20.6. The van der Waals surface area contributed by atoms with Gasteiger partial charge in [0.1, 0.15) is 0 Å². The van der Waals surface area contributed by atoms with Crippen LogP contribution in [0, 0.1) is 11.8 Å². The van der Waals surface area contributed by atoms with Crippen molar-refractivity contribution >= 4 is 5.91 Å². The summed E-state index contributed by atoms with van der Waals surface area (Å²) in [5.74, 6) is 1.35. The maximum Gasteiger partial charge on any atom is 0.223 e. The summed E-state index contributed by atoms with van der Waals surface area (Å²) in [7, 11) is 0. The molecule has 164 valence electrons. The number of benzene rings is 1. The summed E-state index contributed by atoms with van der Waals surface area (Å²) in [5.41, 5.74) is 1.29. The number of carbonyl (C=O) groups is 1. The first-order valence-electron chi connectivity index (χ1n) is 12.2. The largest absolute Gasteiger partial charge is 0.356 e. The lowest BCUT2D eigenvalue weighted by atomic mass is 9.91. The molecule has 0 radical (unpaired) electrons. The Morgan fingerprint density at radius 1 is 0.933 bits per heavy atom. The maximum absolute atomic E-state index is 12.6. The van der Waals surface area contributed by atoms with Crippen LogP contribution in [-0.2, 0) is 11.2 Å². The van der Waals surface area contributed by atoms with Gasteiger partial charge < -0.3 is 15.1 Å². The van der Waals surface area contributed by atoms with Crippen molar-refractivity contribution in [1.29, 1.82) is 0 Å². The Labute approximate surface area is 182 Å². The summed E-state index contributed by atoms with van der Waals surface area (Å²) in [6.07, 6.45) is 14.2. The molecule has 4 rings (SSSR count). The van der Waals surface area contributed by atoms with E-state index in [-0.39, 0.29) is 11.8 Å². The van der Waals surface area contributed by atoms with Gasteiger partial charge in [0, 0.05) is 25.0 Å². The Hall–Kier alpha value is -1.65. The van der Waals surface area contributed by atoms with E-state index in [1.165, 1.54) is 57.3 Å². The predicted octanol–water partition coefficient (Wildman–Crippen LogP) is 3.88. The van der Waals surface area contributed by atoms with Crippen molar-refractivity contribution in [2.45, 2.75) is 57.4 Å². The van der Waals surface area contributed by atoms with Crippen molar-refractivity contribution in [3.05, 3.63) is 48.0 Å². The fourth-order valence-corrected chi connectivity index (χ4v) is 5.50. The minimum atomic E-state index is 0.205. The molecule has 4 nitrogen and oxygen atoms in total. The van der Waals surface area contributed by atoms with Crippen LogP contribution in [0.3, 0.4) is 0 Å². The van der Waals surface area contributed by atoms with Crippen molar-refractivity contribution in [1.82, 2.24) is 15.1 Å². The second-order valence-corrected chi connectivity index (χ2v) is 9.52. The van der Waals surface area contributed by atoms with E-state index in [0.717, 1.165) is 50.9 Å². The topological polar surface area (TPSA) is 35.6 Å². The third-order valence-corrected chi connectivity index (χ3v) is 7.42. The van der Waals surface area contributed by atoms with Crippen LogP contribution in [0.25, 0.3) is 0 Å². The molecule has 1 amide bonds. The number of likely N-dealkylation sites (tertiary alicyclic amines) is 2. The molecular weight excluding hydrogens is 370 g/mol. The number of hydrogen-bond donors (Lipinski definition) is 1. The van der Waals surface area contributed by atoms with Crippen LogP contribution in [0.5, 0.6) is 0 Å². The Bertz CT molecular complexity index is 673. The Kier molecular flexibility index (Phi) is 7.99. The number of piperidine rings is 2. The van der Waals surface area contributed by atoms with Crippen molar-refractivity contribution in [3.8, 4) is 0 Å². The van der Waals surface area contributed by atoms with Crippen LogP contribution in [-0.4, -0.2) is 61.0 Å². The van der Waals surface area contributed by atoms with E-state index in [1.807, 2.05) is 6.07 Å². The summed E-state index contributed by atoms with van der Waals surface area (Å²) < 4.78 is 0. The van der Waals surface area contributed by atoms with E-state index in [2.05, 4.69) is 51.5 Å². The monoisotopic (exact) mass is 409 g/mol. The van der Waals surface area contributed by atoms with Crippen LogP contribution in [0.1, 0.15) is 50.5 Å². The quantitative estimate of drug-likeness (QED) is 0.694. The predicted molar refractivity (Wildman–Crippen MR) is 123 cm³/mol. The molecule has 0 aromatic heterocycles. The van der Waals surface area contributed by atoms with E-state index in [1.54, 1.807) is 0 Å². The van der Waals surface area contributed by atoms with E-state index in [0.29, 0.717) is 0 Å². The van der Waals surface area contributed by atoms with Gasteiger partial charge in [-0.15, -0.1) is 0 Å². The lowest BCUT2D eigenvalue weighted by Crippen LogP contribution is -2.49. The fourth-order valence-electron chi connectivity index (χ4n) is 5.50. The molecule has 2 saturated heterocycles. The standard InChI is InChI=1S/C26H39N3O/c30-26(27-16-11-22-7-3-1-4-8-22)24-12-19-29(20-13-24)25-14-17-28(18-15-25)21-23-9-5-2-6-10-23/h1-5,7-8,23-25H,6,9-21H2,(H,27,30). The summed E-state index contributed by atoms with van der Waals surface area (Å²) in [5, 5.41) is 3.17. The molecule has 4 heteroatoms. The van der Waals surface area contributed by atoms with Gasteiger partial charge in [-0.3, -0.25) is 4.79 Å². The molecule has 0 bridgehead atoms. The number of nitrogens with one attached hydrogen (secondary N) is 1. The van der Waals surface area contributed by atoms with Gasteiger partial charge in [-0.1, -0.05) is 42.5 Å². The van der Waals surface area contributed by atoms with Gasteiger partial charge in [-0.25, -0.2) is 0 Å². The van der Waals surface area contributed by atoms with Crippen LogP contribution >= 0.6 is 0 Å². The van der Waals surface area contributed by atoms with Gasteiger partial charge in [-0.2, -0.15) is 0 Å². The van der Waals surface area contributed by atoms with E-state index in [9.17, 15) is 4.79 Å². The van der Waals surface area contributed by atoms with Gasteiger partial charge in [0.25, 0.3) is 0 Å². The molecule has 1 atom stereocenters. The smallest absolute Gasteiger partial charge is 0.223 e. The lowest BCUT2D eigenvalue weighted by molar-refractivity contribution is -0.126. The highest BCUT2D eigenvalue weighted by molar-refractivity contribution is 5.78. The highest BCUT2D eigenvalue weighted by atomic mass is 16.1. The van der Waals surface area contributed by atoms with Crippen molar-refractivity contribution in [3.63, 3.8) is 0 Å². The highest BCUT2D eigenvalue weighted by Gasteiger charge is 2.31. The first kappa shape index (κ1) is 21.6. The van der Waals surface area contributed by atoms with Gasteiger partial charge in [0.05, 0.1) is 0 Å². The van der Waals surface area contributed by atoms with Crippen molar-refractivity contribution in [2.75, 3.05) is 39.3 Å². The number of carbonyl (C=O) groups excluding carboxylic acids is 1. The summed E-state index contributed by atoms with van der Waals surface area (Å²) in [6.45, 7) is 6.74. The molecule has 3 aliphatic rings. The molecule has 30 heavy (non-hydrogen) atoms. The minimum absolute atomic E-state index is 0.205. The van der Waals surface area contributed by atoms with Gasteiger partial charge in [-0.05, 0) is 89.0 Å². The Morgan fingerprint density at radius 3 is 2.40 bits per heavy atom. The number of allylic oxidation sites excluding steroid dienone is 2. The molecule has 1 aromatic rings. The molecular formula is C26H39N3O. The normalized spacial score (nSPS) is 24.7. The molecule has 0 spiro atoms. The number of amides is 1. The SMILES string of the molecule is O=C(NCCc1ccccc1)C1CCN(C2CCN(CC3CC=CCC3)CC2)CC1. The second kappa shape index (κ2) is 11.1. The number of rotatable bonds is 7. The average molecular weight is 410 g/mol. The van der Waals surface area contributed by atoms with Gasteiger partial charge in [0.15, 0.2) is 0 Å². The van der Waals surface area contributed by atoms with E-state index < -0.39 is 0 Å². The van der Waals surface area contributed by atoms with Gasteiger partial charge in [0.2, 0.25) is 5.91 Å². The van der Waals surface area contributed by atoms with Crippen molar-refractivity contribution in [2.24, 2.45) is 11.8 Å². The highest BCUT2D eigenvalue weighted by Crippen LogP contribution is 2.26. The average Bonchev–Trinajstić information content (AvgIpc) is 2.81. The molecule has 1 unspecified atom stereocenters. The molecule has 0 saturated carbocycles. The van der Waals surface area contributed by atoms with Gasteiger partial charge >= 0.3 is 0 Å². The number of nitrogens with zero attached hydrogens (tertiary/aromatic N) is 2. The van der Waals surface area contributed by atoms with Crippen LogP contribution in [0.2, 0.25) is 0 Å². The van der Waals surface area contributed by atoms with Crippen LogP contribution in [0.4, 0.5) is 0 Å². The Balaban J connectivity index is 1.12. The zero-order valence-corrected chi connectivity index (χ0v) is 18.5. The molecule has 1 aliphatic carbocycles. The summed E-state index contributed by atoms with van der Waals surface area (Å²) in [6, 6.07) is 11.1. The summed E-state index contributed by atoms with van der Waals surface area (Å²) in [4.78, 5) is 17.9.